The van der Waals surface area contributed by atoms with Gasteiger partial charge in [-0.2, -0.15) is 0 Å². The molecule has 0 saturated heterocycles. The zero-order chi connectivity index (χ0) is 19.2. The average Bonchev–Trinajstić information content (AvgIpc) is 2.67. The van der Waals surface area contributed by atoms with Crippen molar-refractivity contribution >= 4 is 29.9 Å². The second-order valence-electron chi connectivity index (χ2n) is 7.33. The maximum absolute atomic E-state index is 14.2. The standard InChI is InChI=1S/C22H26ClFN2O.ClH/c23-20-13-17(22(25)27)6-8-19(20)16-7-9-21(24)18(12-16)14-26-11-10-15-4-2-1-3-5-15;/h6-9,12-13,15,26H,1-5,10-11,14H2,(H2,25,27);1H. The molecule has 28 heavy (non-hydrogen) atoms. The molecule has 1 fully saturated rings. The molecular weight excluding hydrogens is 398 g/mol. The lowest BCUT2D eigenvalue weighted by atomic mass is 9.87. The molecule has 3 N–H and O–H groups in total. The summed E-state index contributed by atoms with van der Waals surface area (Å²) in [6, 6.07) is 9.90. The van der Waals surface area contributed by atoms with Gasteiger partial charge in [-0.05, 0) is 48.7 Å². The molecule has 0 atom stereocenters. The summed E-state index contributed by atoms with van der Waals surface area (Å²) in [6.07, 6.45) is 7.86. The number of rotatable bonds is 7. The summed E-state index contributed by atoms with van der Waals surface area (Å²) in [5, 5.41) is 3.80. The Bertz CT molecular complexity index is 807. The normalized spacial score (nSPS) is 14.5. The third-order valence-corrected chi connectivity index (χ3v) is 5.69. The topological polar surface area (TPSA) is 55.1 Å². The number of primary amides is 1. The summed E-state index contributed by atoms with van der Waals surface area (Å²) in [7, 11) is 0. The Hall–Kier alpha value is -1.62. The van der Waals surface area contributed by atoms with Gasteiger partial charge in [0.05, 0.1) is 0 Å². The molecule has 0 heterocycles. The Kier molecular flexibility index (Phi) is 8.74. The van der Waals surface area contributed by atoms with Crippen LogP contribution in [0.25, 0.3) is 11.1 Å². The van der Waals surface area contributed by atoms with Gasteiger partial charge >= 0.3 is 0 Å². The summed E-state index contributed by atoms with van der Waals surface area (Å²) < 4.78 is 14.2. The Morgan fingerprint density at radius 3 is 2.57 bits per heavy atom. The van der Waals surface area contributed by atoms with Crippen molar-refractivity contribution in [3.63, 3.8) is 0 Å². The fraction of sp³-hybridized carbons (Fsp3) is 0.409. The number of nitrogens with one attached hydrogen (secondary N) is 1. The molecule has 3 nitrogen and oxygen atoms in total. The molecule has 0 unspecified atom stereocenters. The molecule has 6 heteroatoms. The van der Waals surface area contributed by atoms with Crippen LogP contribution in [-0.2, 0) is 6.54 Å². The Morgan fingerprint density at radius 1 is 1.14 bits per heavy atom. The number of amides is 1. The highest BCUT2D eigenvalue weighted by Crippen LogP contribution is 2.30. The van der Waals surface area contributed by atoms with Gasteiger partial charge in [-0.3, -0.25) is 4.79 Å². The molecular formula is C22H27Cl2FN2O. The van der Waals surface area contributed by atoms with E-state index in [2.05, 4.69) is 5.32 Å². The monoisotopic (exact) mass is 424 g/mol. The smallest absolute Gasteiger partial charge is 0.248 e. The maximum atomic E-state index is 14.2. The molecule has 152 valence electrons. The van der Waals surface area contributed by atoms with Crippen molar-refractivity contribution in [2.45, 2.75) is 45.1 Å². The van der Waals surface area contributed by atoms with E-state index < -0.39 is 5.91 Å². The Morgan fingerprint density at radius 2 is 1.89 bits per heavy atom. The predicted octanol–water partition coefficient (Wildman–Crippen LogP) is 5.73. The van der Waals surface area contributed by atoms with Crippen molar-refractivity contribution in [1.82, 2.24) is 5.32 Å². The molecule has 2 aromatic carbocycles. The minimum absolute atomic E-state index is 0. The number of carbonyl (C=O) groups excluding carboxylic acids is 1. The van der Waals surface area contributed by atoms with E-state index in [1.807, 2.05) is 6.07 Å². The summed E-state index contributed by atoms with van der Waals surface area (Å²) in [6.45, 7) is 1.39. The van der Waals surface area contributed by atoms with Crippen LogP contribution in [0.2, 0.25) is 5.02 Å². The van der Waals surface area contributed by atoms with Gasteiger partial charge in [-0.25, -0.2) is 4.39 Å². The SMILES string of the molecule is Cl.NC(=O)c1ccc(-c2ccc(F)c(CNCCC3CCCCC3)c2)c(Cl)c1. The zero-order valence-corrected chi connectivity index (χ0v) is 17.4. The molecule has 3 rings (SSSR count). The van der Waals surface area contributed by atoms with Crippen LogP contribution >= 0.6 is 24.0 Å². The van der Waals surface area contributed by atoms with Crippen molar-refractivity contribution in [3.05, 3.63) is 58.4 Å². The van der Waals surface area contributed by atoms with Gasteiger partial charge in [0.2, 0.25) is 5.91 Å². The molecule has 0 aliphatic heterocycles. The van der Waals surface area contributed by atoms with Crippen molar-refractivity contribution in [2.24, 2.45) is 11.7 Å². The molecule has 1 saturated carbocycles. The average molecular weight is 425 g/mol. The van der Waals surface area contributed by atoms with Crippen LogP contribution in [0.3, 0.4) is 0 Å². The van der Waals surface area contributed by atoms with E-state index in [0.717, 1.165) is 30.0 Å². The third-order valence-electron chi connectivity index (χ3n) is 5.38. The third kappa shape index (κ3) is 5.94. The second-order valence-corrected chi connectivity index (χ2v) is 7.74. The number of halogens is 3. The van der Waals surface area contributed by atoms with E-state index in [0.29, 0.717) is 22.7 Å². The summed E-state index contributed by atoms with van der Waals surface area (Å²) in [5.41, 5.74) is 7.83. The molecule has 0 spiro atoms. The van der Waals surface area contributed by atoms with E-state index in [9.17, 15) is 9.18 Å². The Labute approximate surface area is 177 Å². The number of hydrogen-bond donors (Lipinski definition) is 2. The second kappa shape index (κ2) is 10.8. The van der Waals surface area contributed by atoms with Gasteiger partial charge in [0.25, 0.3) is 0 Å². The minimum Gasteiger partial charge on any atom is -0.366 e. The molecule has 1 amide bonds. The first-order valence-corrected chi connectivity index (χ1v) is 10.0. The molecule has 1 aliphatic carbocycles. The van der Waals surface area contributed by atoms with Gasteiger partial charge < -0.3 is 11.1 Å². The minimum atomic E-state index is -0.523. The van der Waals surface area contributed by atoms with Gasteiger partial charge in [0, 0.05) is 28.3 Å². The van der Waals surface area contributed by atoms with Crippen LogP contribution in [0, 0.1) is 11.7 Å². The largest absolute Gasteiger partial charge is 0.366 e. The van der Waals surface area contributed by atoms with E-state index >= 15 is 0 Å². The highest BCUT2D eigenvalue weighted by atomic mass is 35.5. The number of hydrogen-bond acceptors (Lipinski definition) is 2. The van der Waals surface area contributed by atoms with Crippen molar-refractivity contribution in [2.75, 3.05) is 6.54 Å². The lowest BCUT2D eigenvalue weighted by molar-refractivity contribution is 0.100. The molecule has 0 radical (unpaired) electrons. The quantitative estimate of drug-likeness (QED) is 0.557. The van der Waals surface area contributed by atoms with Gasteiger partial charge in [0.15, 0.2) is 0 Å². The van der Waals surface area contributed by atoms with Gasteiger partial charge in [-0.1, -0.05) is 55.8 Å². The van der Waals surface area contributed by atoms with Crippen LogP contribution in [0.4, 0.5) is 4.39 Å². The fourth-order valence-electron chi connectivity index (χ4n) is 3.79. The Balaban J connectivity index is 0.00000280. The molecule has 0 bridgehead atoms. The predicted molar refractivity (Wildman–Crippen MR) is 116 cm³/mol. The number of carbonyl (C=O) groups is 1. The summed E-state index contributed by atoms with van der Waals surface area (Å²) >= 11 is 6.30. The highest BCUT2D eigenvalue weighted by molar-refractivity contribution is 6.33. The lowest BCUT2D eigenvalue weighted by Crippen LogP contribution is -2.19. The van der Waals surface area contributed by atoms with Gasteiger partial charge in [-0.15, -0.1) is 12.4 Å². The van der Waals surface area contributed by atoms with Crippen molar-refractivity contribution < 1.29 is 9.18 Å². The zero-order valence-electron chi connectivity index (χ0n) is 15.8. The first kappa shape index (κ1) is 22.7. The van der Waals surface area contributed by atoms with Crippen LogP contribution < -0.4 is 11.1 Å². The molecule has 1 aliphatic rings. The van der Waals surface area contributed by atoms with E-state index in [1.54, 1.807) is 24.3 Å². The van der Waals surface area contributed by atoms with E-state index in [-0.39, 0.29) is 18.2 Å². The van der Waals surface area contributed by atoms with Crippen molar-refractivity contribution in [1.29, 1.82) is 0 Å². The maximum Gasteiger partial charge on any atom is 0.248 e. The summed E-state index contributed by atoms with van der Waals surface area (Å²) in [4.78, 5) is 11.3. The van der Waals surface area contributed by atoms with Gasteiger partial charge in [0.1, 0.15) is 5.82 Å². The molecule has 2 aromatic rings. The fourth-order valence-corrected chi connectivity index (χ4v) is 4.07. The number of benzene rings is 2. The van der Waals surface area contributed by atoms with Crippen LogP contribution in [0.1, 0.15) is 54.4 Å². The molecule has 0 aromatic heterocycles. The first-order valence-electron chi connectivity index (χ1n) is 9.63. The first-order chi connectivity index (χ1) is 13.0. The van der Waals surface area contributed by atoms with Crippen molar-refractivity contribution in [3.8, 4) is 11.1 Å². The van der Waals surface area contributed by atoms with E-state index in [1.165, 1.54) is 38.2 Å². The van der Waals surface area contributed by atoms with Crippen LogP contribution in [0.15, 0.2) is 36.4 Å². The number of nitrogens with two attached hydrogens (primary N) is 1. The van der Waals surface area contributed by atoms with Crippen LogP contribution in [0.5, 0.6) is 0 Å². The highest BCUT2D eigenvalue weighted by Gasteiger charge is 2.13. The summed E-state index contributed by atoms with van der Waals surface area (Å²) in [5.74, 6) is 0.0595. The van der Waals surface area contributed by atoms with E-state index in [4.69, 9.17) is 17.3 Å². The lowest BCUT2D eigenvalue weighted by Gasteiger charge is -2.21. The van der Waals surface area contributed by atoms with Crippen LogP contribution in [-0.4, -0.2) is 12.5 Å².